The molecule has 1 aliphatic rings. The molecule has 0 aromatic rings. The van der Waals surface area contributed by atoms with Crippen molar-refractivity contribution in [2.75, 3.05) is 33.0 Å². The van der Waals surface area contributed by atoms with Gasteiger partial charge in [0.05, 0.1) is 0 Å². The average Bonchev–Trinajstić information content (AvgIpc) is 2.46. The zero-order valence-electron chi connectivity index (χ0n) is 9.26. The molecular weight excluding hydrogens is 178 g/mol. The van der Waals surface area contributed by atoms with E-state index in [1.807, 2.05) is 6.92 Å². The van der Waals surface area contributed by atoms with Gasteiger partial charge in [-0.1, -0.05) is 0 Å². The lowest BCUT2D eigenvalue weighted by Crippen LogP contribution is -2.30. The van der Waals surface area contributed by atoms with E-state index in [9.17, 15) is 0 Å². The van der Waals surface area contributed by atoms with Gasteiger partial charge in [-0.3, -0.25) is 0 Å². The zero-order valence-corrected chi connectivity index (χ0v) is 9.26. The van der Waals surface area contributed by atoms with E-state index in [0.29, 0.717) is 6.04 Å². The topological polar surface area (TPSA) is 30.5 Å². The fourth-order valence-corrected chi connectivity index (χ4v) is 1.73. The highest BCUT2D eigenvalue weighted by Gasteiger charge is 2.10. The lowest BCUT2D eigenvalue weighted by molar-refractivity contribution is 0.139. The van der Waals surface area contributed by atoms with Gasteiger partial charge in [-0.15, -0.1) is 0 Å². The summed E-state index contributed by atoms with van der Waals surface area (Å²) in [4.78, 5) is 0. The van der Waals surface area contributed by atoms with Gasteiger partial charge in [-0.2, -0.15) is 0 Å². The summed E-state index contributed by atoms with van der Waals surface area (Å²) in [5.41, 5.74) is 0. The third-order valence-corrected chi connectivity index (χ3v) is 2.55. The molecule has 0 radical (unpaired) electrons. The molecule has 1 rings (SSSR count). The highest BCUT2D eigenvalue weighted by molar-refractivity contribution is 4.68. The first-order valence-corrected chi connectivity index (χ1v) is 5.82. The van der Waals surface area contributed by atoms with Crippen molar-refractivity contribution in [3.8, 4) is 0 Å². The molecule has 1 saturated heterocycles. The van der Waals surface area contributed by atoms with E-state index in [1.165, 1.54) is 12.8 Å². The smallest absolute Gasteiger partial charge is 0.0480 e. The summed E-state index contributed by atoms with van der Waals surface area (Å²) in [6.45, 7) is 6.69. The summed E-state index contributed by atoms with van der Waals surface area (Å²) in [6, 6.07) is 0.666. The summed E-state index contributed by atoms with van der Waals surface area (Å²) in [7, 11) is 0. The minimum absolute atomic E-state index is 0.666. The average molecular weight is 201 g/mol. The van der Waals surface area contributed by atoms with Gasteiger partial charge >= 0.3 is 0 Å². The van der Waals surface area contributed by atoms with Crippen LogP contribution in [0.2, 0.25) is 0 Å². The molecule has 1 aliphatic heterocycles. The molecule has 84 valence electrons. The van der Waals surface area contributed by atoms with Gasteiger partial charge in [0.25, 0.3) is 0 Å². The molecule has 3 heteroatoms. The van der Waals surface area contributed by atoms with Crippen molar-refractivity contribution in [2.45, 2.75) is 38.6 Å². The van der Waals surface area contributed by atoms with Crippen molar-refractivity contribution < 1.29 is 9.47 Å². The SMILES string of the molecule is CCOCCCNC1CCCOCC1. The Morgan fingerprint density at radius 1 is 1.36 bits per heavy atom. The molecule has 0 amide bonds. The highest BCUT2D eigenvalue weighted by Crippen LogP contribution is 2.07. The van der Waals surface area contributed by atoms with Crippen LogP contribution in [0, 0.1) is 0 Å². The number of hydrogen-bond donors (Lipinski definition) is 1. The predicted molar refractivity (Wildman–Crippen MR) is 57.6 cm³/mol. The Kier molecular flexibility index (Phi) is 7.01. The first-order chi connectivity index (χ1) is 6.93. The molecule has 0 aliphatic carbocycles. The maximum absolute atomic E-state index is 5.40. The molecule has 1 fully saturated rings. The number of ether oxygens (including phenoxy) is 2. The van der Waals surface area contributed by atoms with Crippen molar-refractivity contribution >= 4 is 0 Å². The van der Waals surface area contributed by atoms with Gasteiger partial charge in [0.2, 0.25) is 0 Å². The van der Waals surface area contributed by atoms with Gasteiger partial charge in [0.1, 0.15) is 0 Å². The first-order valence-electron chi connectivity index (χ1n) is 5.82. The quantitative estimate of drug-likeness (QED) is 0.662. The van der Waals surface area contributed by atoms with Crippen LogP contribution in [0.1, 0.15) is 32.6 Å². The Labute approximate surface area is 87.2 Å². The van der Waals surface area contributed by atoms with Crippen LogP contribution >= 0.6 is 0 Å². The summed E-state index contributed by atoms with van der Waals surface area (Å²) >= 11 is 0. The van der Waals surface area contributed by atoms with E-state index in [0.717, 1.165) is 45.8 Å². The summed E-state index contributed by atoms with van der Waals surface area (Å²) < 4.78 is 10.7. The molecule has 14 heavy (non-hydrogen) atoms. The molecule has 1 heterocycles. The van der Waals surface area contributed by atoms with Crippen LogP contribution in [0.3, 0.4) is 0 Å². The second-order valence-corrected chi connectivity index (χ2v) is 3.74. The van der Waals surface area contributed by atoms with Gasteiger partial charge in [0.15, 0.2) is 0 Å². The minimum Gasteiger partial charge on any atom is -0.382 e. The van der Waals surface area contributed by atoms with Crippen LogP contribution in [0.4, 0.5) is 0 Å². The van der Waals surface area contributed by atoms with Gasteiger partial charge < -0.3 is 14.8 Å². The molecule has 0 saturated carbocycles. The van der Waals surface area contributed by atoms with Crippen molar-refractivity contribution in [3.63, 3.8) is 0 Å². The molecule has 0 spiro atoms. The molecule has 1 unspecified atom stereocenters. The van der Waals surface area contributed by atoms with Crippen LogP contribution in [0.15, 0.2) is 0 Å². The zero-order chi connectivity index (χ0) is 10.1. The molecule has 0 aromatic carbocycles. The number of nitrogens with one attached hydrogen (secondary N) is 1. The van der Waals surface area contributed by atoms with E-state index in [1.54, 1.807) is 0 Å². The molecule has 3 nitrogen and oxygen atoms in total. The summed E-state index contributed by atoms with van der Waals surface area (Å²) in [5.74, 6) is 0. The Morgan fingerprint density at radius 2 is 2.29 bits per heavy atom. The van der Waals surface area contributed by atoms with Crippen molar-refractivity contribution in [1.82, 2.24) is 5.32 Å². The normalized spacial score (nSPS) is 23.4. The third kappa shape index (κ3) is 5.58. The standard InChI is InChI=1S/C11H23NO2/c1-2-13-9-4-7-12-11-5-3-8-14-10-6-11/h11-12H,2-10H2,1H3. The molecular formula is C11H23NO2. The Bertz CT molecular complexity index is 122. The number of hydrogen-bond acceptors (Lipinski definition) is 3. The van der Waals surface area contributed by atoms with Crippen molar-refractivity contribution in [1.29, 1.82) is 0 Å². The predicted octanol–water partition coefficient (Wildman–Crippen LogP) is 1.57. The number of rotatable bonds is 6. The lowest BCUT2D eigenvalue weighted by atomic mass is 10.1. The van der Waals surface area contributed by atoms with Crippen LogP contribution in [-0.4, -0.2) is 39.0 Å². The van der Waals surface area contributed by atoms with E-state index >= 15 is 0 Å². The van der Waals surface area contributed by atoms with Gasteiger partial charge in [-0.25, -0.2) is 0 Å². The Morgan fingerprint density at radius 3 is 3.14 bits per heavy atom. The second-order valence-electron chi connectivity index (χ2n) is 3.74. The Balaban J connectivity index is 1.93. The summed E-state index contributed by atoms with van der Waals surface area (Å²) in [5, 5.41) is 3.56. The maximum Gasteiger partial charge on any atom is 0.0480 e. The largest absolute Gasteiger partial charge is 0.382 e. The lowest BCUT2D eigenvalue weighted by Gasteiger charge is -2.15. The fraction of sp³-hybridized carbons (Fsp3) is 1.00. The van der Waals surface area contributed by atoms with Crippen LogP contribution in [0.25, 0.3) is 0 Å². The molecule has 1 atom stereocenters. The van der Waals surface area contributed by atoms with Crippen LogP contribution in [-0.2, 0) is 9.47 Å². The van der Waals surface area contributed by atoms with Gasteiger partial charge in [-0.05, 0) is 39.2 Å². The van der Waals surface area contributed by atoms with Crippen LogP contribution < -0.4 is 5.32 Å². The van der Waals surface area contributed by atoms with Crippen molar-refractivity contribution in [2.24, 2.45) is 0 Å². The maximum atomic E-state index is 5.40. The summed E-state index contributed by atoms with van der Waals surface area (Å²) in [6.07, 6.45) is 4.73. The fourth-order valence-electron chi connectivity index (χ4n) is 1.73. The van der Waals surface area contributed by atoms with E-state index in [4.69, 9.17) is 9.47 Å². The van der Waals surface area contributed by atoms with E-state index in [-0.39, 0.29) is 0 Å². The minimum atomic E-state index is 0.666. The molecule has 0 aromatic heterocycles. The monoisotopic (exact) mass is 201 g/mol. The van der Waals surface area contributed by atoms with E-state index in [2.05, 4.69) is 5.32 Å². The van der Waals surface area contributed by atoms with E-state index < -0.39 is 0 Å². The molecule has 1 N–H and O–H groups in total. The van der Waals surface area contributed by atoms with Crippen molar-refractivity contribution in [3.05, 3.63) is 0 Å². The third-order valence-electron chi connectivity index (χ3n) is 2.55. The highest BCUT2D eigenvalue weighted by atomic mass is 16.5. The van der Waals surface area contributed by atoms with Crippen LogP contribution in [0.5, 0.6) is 0 Å². The van der Waals surface area contributed by atoms with Gasteiger partial charge in [0, 0.05) is 32.5 Å². The Hall–Kier alpha value is -0.120. The second kappa shape index (κ2) is 8.21. The first kappa shape index (κ1) is 12.0. The molecule has 0 bridgehead atoms.